The summed E-state index contributed by atoms with van der Waals surface area (Å²) in [6.45, 7) is 8.01. The van der Waals surface area contributed by atoms with Gasteiger partial charge in [0.1, 0.15) is 11.4 Å². The van der Waals surface area contributed by atoms with Crippen molar-refractivity contribution >= 4 is 22.6 Å². The molecule has 1 fully saturated rings. The topological polar surface area (TPSA) is 82.9 Å². The number of hydrogen-bond acceptors (Lipinski definition) is 6. The van der Waals surface area contributed by atoms with E-state index < -0.39 is 5.91 Å². The molecule has 1 saturated heterocycles. The van der Waals surface area contributed by atoms with Gasteiger partial charge < -0.3 is 14.2 Å². The predicted molar refractivity (Wildman–Crippen MR) is 144 cm³/mol. The van der Waals surface area contributed by atoms with Crippen molar-refractivity contribution in [3.8, 4) is 5.75 Å². The Hall–Kier alpha value is -3.88. The maximum atomic E-state index is 11.6. The molecule has 1 amide bonds. The fourth-order valence-electron chi connectivity index (χ4n) is 5.25. The Bertz CT molecular complexity index is 1370. The number of carbonyl (C=O) groups is 1. The van der Waals surface area contributed by atoms with Gasteiger partial charge in [-0.15, -0.1) is 0 Å². The average molecular weight is 500 g/mol. The van der Waals surface area contributed by atoms with Crippen molar-refractivity contribution in [2.75, 3.05) is 25.1 Å². The number of benzene rings is 2. The van der Waals surface area contributed by atoms with Gasteiger partial charge in [-0.25, -0.2) is 10.5 Å². The lowest BCUT2D eigenvalue weighted by atomic mass is 10.1. The zero-order valence-corrected chi connectivity index (χ0v) is 21.5. The first-order valence-electron chi connectivity index (χ1n) is 12.6. The zero-order chi connectivity index (χ0) is 25.9. The molecule has 0 aliphatic carbocycles. The maximum absolute atomic E-state index is 11.6. The standard InChI is InChI=1S/C29H33N5O3/c1-20-16-33(17-21(2)34(20)19-23-5-4-6-27(13-23)37-3)26-14-25-11-12-32(28(25)30-15-26)18-22-7-9-24(10-8-22)29(35)31-36/h4-15,20-21,36H,16-19H2,1-3H3,(H,31,35)/t20-,21+. The minimum absolute atomic E-state index is 0.395. The van der Waals surface area contributed by atoms with Crippen molar-refractivity contribution in [3.63, 3.8) is 0 Å². The number of piperazine rings is 1. The number of hydroxylamine groups is 1. The van der Waals surface area contributed by atoms with Crippen molar-refractivity contribution in [2.24, 2.45) is 0 Å². The van der Waals surface area contributed by atoms with E-state index in [2.05, 4.69) is 58.5 Å². The van der Waals surface area contributed by atoms with Crippen molar-refractivity contribution in [2.45, 2.75) is 39.0 Å². The summed E-state index contributed by atoms with van der Waals surface area (Å²) in [5.74, 6) is 0.380. The number of anilines is 1. The lowest BCUT2D eigenvalue weighted by Gasteiger charge is -2.45. The Morgan fingerprint density at radius 3 is 2.49 bits per heavy atom. The van der Waals surface area contributed by atoms with Crippen LogP contribution in [0.15, 0.2) is 73.1 Å². The normalized spacial score (nSPS) is 18.2. The molecule has 1 aliphatic rings. The van der Waals surface area contributed by atoms with Gasteiger partial charge in [-0.2, -0.15) is 0 Å². The zero-order valence-electron chi connectivity index (χ0n) is 21.5. The summed E-state index contributed by atoms with van der Waals surface area (Å²) in [6.07, 6.45) is 4.03. The van der Waals surface area contributed by atoms with Crippen molar-refractivity contribution < 1.29 is 14.7 Å². The van der Waals surface area contributed by atoms with Gasteiger partial charge in [0.15, 0.2) is 0 Å². The van der Waals surface area contributed by atoms with Gasteiger partial charge in [0, 0.05) is 55.4 Å². The number of methoxy groups -OCH3 is 1. The SMILES string of the molecule is COc1cccc(CN2[C@H](C)CN(c3cnc4c(ccn4Cc4ccc(C(=O)NO)cc4)c3)C[C@@H]2C)c1. The van der Waals surface area contributed by atoms with Gasteiger partial charge >= 0.3 is 0 Å². The van der Waals surface area contributed by atoms with Crippen molar-refractivity contribution in [3.05, 3.63) is 89.7 Å². The molecule has 2 aromatic heterocycles. The first-order chi connectivity index (χ1) is 17.9. The van der Waals surface area contributed by atoms with Crippen LogP contribution >= 0.6 is 0 Å². The second-order valence-corrected chi connectivity index (χ2v) is 9.81. The van der Waals surface area contributed by atoms with Crippen LogP contribution in [-0.4, -0.2) is 57.8 Å². The Kier molecular flexibility index (Phi) is 7.12. The summed E-state index contributed by atoms with van der Waals surface area (Å²) in [4.78, 5) is 21.4. The molecule has 3 heterocycles. The van der Waals surface area contributed by atoms with Crippen LogP contribution in [0.2, 0.25) is 0 Å². The molecule has 0 saturated carbocycles. The molecule has 2 aromatic carbocycles. The number of ether oxygens (including phenoxy) is 1. The molecular weight excluding hydrogens is 466 g/mol. The summed E-state index contributed by atoms with van der Waals surface area (Å²) >= 11 is 0. The lowest BCUT2D eigenvalue weighted by Crippen LogP contribution is -2.56. The minimum atomic E-state index is -0.517. The number of hydrogen-bond donors (Lipinski definition) is 2. The first-order valence-corrected chi connectivity index (χ1v) is 12.6. The molecule has 37 heavy (non-hydrogen) atoms. The van der Waals surface area contributed by atoms with Crippen LogP contribution < -0.4 is 15.1 Å². The van der Waals surface area contributed by atoms with E-state index in [9.17, 15) is 4.79 Å². The molecule has 0 unspecified atom stereocenters. The van der Waals surface area contributed by atoms with E-state index in [1.807, 2.05) is 30.6 Å². The van der Waals surface area contributed by atoms with Gasteiger partial charge in [-0.05, 0) is 61.4 Å². The number of amides is 1. The van der Waals surface area contributed by atoms with E-state index in [1.54, 1.807) is 24.7 Å². The smallest absolute Gasteiger partial charge is 0.274 e. The highest BCUT2D eigenvalue weighted by atomic mass is 16.5. The van der Waals surface area contributed by atoms with Crippen LogP contribution in [0.5, 0.6) is 5.75 Å². The van der Waals surface area contributed by atoms with Crippen molar-refractivity contribution in [1.29, 1.82) is 0 Å². The Morgan fingerprint density at radius 1 is 1.03 bits per heavy atom. The van der Waals surface area contributed by atoms with Crippen LogP contribution in [0.1, 0.15) is 35.3 Å². The summed E-state index contributed by atoms with van der Waals surface area (Å²) in [5, 5.41) is 9.90. The molecule has 192 valence electrons. The summed E-state index contributed by atoms with van der Waals surface area (Å²) in [7, 11) is 1.71. The number of nitrogens with one attached hydrogen (secondary N) is 1. The average Bonchev–Trinajstić information content (AvgIpc) is 3.32. The third kappa shape index (κ3) is 5.30. The maximum Gasteiger partial charge on any atom is 0.274 e. The van der Waals surface area contributed by atoms with Gasteiger partial charge in [0.25, 0.3) is 5.91 Å². The van der Waals surface area contributed by atoms with Crippen LogP contribution in [0.4, 0.5) is 5.69 Å². The Labute approximate surface area is 217 Å². The van der Waals surface area contributed by atoms with Crippen molar-refractivity contribution in [1.82, 2.24) is 19.9 Å². The van der Waals surface area contributed by atoms with Gasteiger partial charge in [0.2, 0.25) is 0 Å². The third-order valence-corrected chi connectivity index (χ3v) is 7.22. The molecule has 0 spiro atoms. The Morgan fingerprint density at radius 2 is 1.78 bits per heavy atom. The first kappa shape index (κ1) is 24.8. The molecular formula is C29H33N5O3. The summed E-state index contributed by atoms with van der Waals surface area (Å²) in [5.41, 5.74) is 6.46. The molecule has 4 aromatic rings. The number of carbonyl (C=O) groups excluding carboxylic acids is 1. The molecule has 1 aliphatic heterocycles. The van der Waals surface area contributed by atoms with E-state index >= 15 is 0 Å². The van der Waals surface area contributed by atoms with E-state index in [-0.39, 0.29) is 0 Å². The molecule has 2 N–H and O–H groups in total. The number of nitrogens with zero attached hydrogens (tertiary/aromatic N) is 4. The highest BCUT2D eigenvalue weighted by Crippen LogP contribution is 2.27. The second kappa shape index (κ2) is 10.6. The van der Waals surface area contributed by atoms with Gasteiger partial charge in [-0.3, -0.25) is 14.9 Å². The highest BCUT2D eigenvalue weighted by Gasteiger charge is 2.30. The fourth-order valence-corrected chi connectivity index (χ4v) is 5.25. The van der Waals surface area contributed by atoms with E-state index in [0.717, 1.165) is 47.7 Å². The largest absolute Gasteiger partial charge is 0.497 e. The lowest BCUT2D eigenvalue weighted by molar-refractivity contribution is 0.0706. The number of fused-ring (bicyclic) bond motifs is 1. The fraction of sp³-hybridized carbons (Fsp3) is 0.310. The quantitative estimate of drug-likeness (QED) is 0.291. The highest BCUT2D eigenvalue weighted by molar-refractivity contribution is 5.93. The second-order valence-electron chi connectivity index (χ2n) is 9.81. The van der Waals surface area contributed by atoms with Crippen LogP contribution in [-0.2, 0) is 13.1 Å². The molecule has 0 radical (unpaired) electrons. The molecule has 8 nitrogen and oxygen atoms in total. The van der Waals surface area contributed by atoms with Crippen LogP contribution in [0.25, 0.3) is 11.0 Å². The molecule has 8 heteroatoms. The third-order valence-electron chi connectivity index (χ3n) is 7.22. The summed E-state index contributed by atoms with van der Waals surface area (Å²) < 4.78 is 7.51. The van der Waals surface area contributed by atoms with Gasteiger partial charge in [0.05, 0.1) is 19.0 Å². The predicted octanol–water partition coefficient (Wildman–Crippen LogP) is 4.31. The number of aromatic nitrogens is 2. The number of pyridine rings is 1. The monoisotopic (exact) mass is 499 g/mol. The minimum Gasteiger partial charge on any atom is -0.497 e. The van der Waals surface area contributed by atoms with E-state index in [4.69, 9.17) is 14.9 Å². The van der Waals surface area contributed by atoms with E-state index in [1.165, 1.54) is 5.56 Å². The van der Waals surface area contributed by atoms with Gasteiger partial charge in [-0.1, -0.05) is 24.3 Å². The molecule has 5 rings (SSSR count). The van der Waals surface area contributed by atoms with Crippen LogP contribution in [0.3, 0.4) is 0 Å². The van der Waals surface area contributed by atoms with E-state index in [0.29, 0.717) is 24.2 Å². The Balaban J connectivity index is 1.27. The number of rotatable bonds is 7. The van der Waals surface area contributed by atoms with Crippen LogP contribution in [0, 0.1) is 0 Å². The summed E-state index contributed by atoms with van der Waals surface area (Å²) in [6, 6.07) is 20.6. The molecule has 0 bridgehead atoms. The molecule has 2 atom stereocenters.